The van der Waals surface area contributed by atoms with Crippen LogP contribution in [-0.2, 0) is 13.2 Å². The Balaban J connectivity index is 1.60. The van der Waals surface area contributed by atoms with Crippen LogP contribution < -0.4 is 10.1 Å². The molecule has 0 saturated heterocycles. The highest BCUT2D eigenvalue weighted by Crippen LogP contribution is 2.27. The van der Waals surface area contributed by atoms with Crippen molar-refractivity contribution in [1.82, 2.24) is 0 Å². The number of aryl methyl sites for hydroxylation is 1. The standard InChI is InChI=1S/C21H18BrClFNO/c1-14-10-17(22)5-8-20(14)25-12-16-4-9-21(19(23)11-16)26-13-15-2-6-18(24)7-3-15/h2-11,25H,12-13H2,1H3. The Morgan fingerprint density at radius 3 is 2.42 bits per heavy atom. The molecule has 0 saturated carbocycles. The average molecular weight is 435 g/mol. The molecule has 0 unspecified atom stereocenters. The smallest absolute Gasteiger partial charge is 0.138 e. The molecule has 3 aromatic rings. The lowest BCUT2D eigenvalue weighted by atomic mass is 10.1. The molecule has 0 radical (unpaired) electrons. The largest absolute Gasteiger partial charge is 0.487 e. The molecule has 2 nitrogen and oxygen atoms in total. The summed E-state index contributed by atoms with van der Waals surface area (Å²) in [6.07, 6.45) is 0. The van der Waals surface area contributed by atoms with Crippen molar-refractivity contribution in [3.8, 4) is 5.75 Å². The highest BCUT2D eigenvalue weighted by atomic mass is 79.9. The Morgan fingerprint density at radius 2 is 1.73 bits per heavy atom. The first-order valence-corrected chi connectivity index (χ1v) is 9.34. The van der Waals surface area contributed by atoms with E-state index in [2.05, 4.69) is 34.2 Å². The molecule has 0 aliphatic rings. The Bertz CT molecular complexity index is 899. The van der Waals surface area contributed by atoms with Crippen molar-refractivity contribution in [1.29, 1.82) is 0 Å². The van der Waals surface area contributed by atoms with Gasteiger partial charge < -0.3 is 10.1 Å². The van der Waals surface area contributed by atoms with E-state index < -0.39 is 0 Å². The van der Waals surface area contributed by atoms with Crippen molar-refractivity contribution in [2.45, 2.75) is 20.1 Å². The number of ether oxygens (including phenoxy) is 1. The van der Waals surface area contributed by atoms with Crippen LogP contribution in [0.4, 0.5) is 10.1 Å². The van der Waals surface area contributed by atoms with Gasteiger partial charge in [-0.1, -0.05) is 45.7 Å². The fourth-order valence-electron chi connectivity index (χ4n) is 2.54. The molecule has 134 valence electrons. The van der Waals surface area contributed by atoms with E-state index in [0.717, 1.165) is 21.3 Å². The van der Waals surface area contributed by atoms with Gasteiger partial charge in [-0.2, -0.15) is 0 Å². The third-order valence-electron chi connectivity index (χ3n) is 3.98. The summed E-state index contributed by atoms with van der Waals surface area (Å²) in [7, 11) is 0. The second-order valence-electron chi connectivity index (χ2n) is 5.99. The number of hydrogen-bond donors (Lipinski definition) is 1. The van der Waals surface area contributed by atoms with E-state index in [1.807, 2.05) is 30.3 Å². The summed E-state index contributed by atoms with van der Waals surface area (Å²) in [4.78, 5) is 0. The first-order chi connectivity index (χ1) is 12.5. The summed E-state index contributed by atoms with van der Waals surface area (Å²) in [5.74, 6) is 0.351. The number of hydrogen-bond acceptors (Lipinski definition) is 2. The quantitative estimate of drug-likeness (QED) is 0.464. The van der Waals surface area contributed by atoms with Crippen molar-refractivity contribution in [2.75, 3.05) is 5.32 Å². The van der Waals surface area contributed by atoms with E-state index in [-0.39, 0.29) is 5.82 Å². The first kappa shape index (κ1) is 18.7. The second kappa shape index (κ2) is 8.56. The van der Waals surface area contributed by atoms with Crippen LogP contribution in [0.3, 0.4) is 0 Å². The molecular weight excluding hydrogens is 417 g/mol. The zero-order valence-corrected chi connectivity index (χ0v) is 16.6. The van der Waals surface area contributed by atoms with Crippen molar-refractivity contribution < 1.29 is 9.13 Å². The molecule has 0 atom stereocenters. The molecule has 0 aliphatic carbocycles. The van der Waals surface area contributed by atoms with E-state index in [0.29, 0.717) is 23.9 Å². The van der Waals surface area contributed by atoms with Gasteiger partial charge in [-0.25, -0.2) is 4.39 Å². The van der Waals surface area contributed by atoms with Gasteiger partial charge in [0.1, 0.15) is 18.2 Å². The fourth-order valence-corrected chi connectivity index (χ4v) is 3.27. The summed E-state index contributed by atoms with van der Waals surface area (Å²) in [6.45, 7) is 3.07. The van der Waals surface area contributed by atoms with Crippen LogP contribution in [0.5, 0.6) is 5.75 Å². The first-order valence-electron chi connectivity index (χ1n) is 8.17. The Hall–Kier alpha value is -2.04. The SMILES string of the molecule is Cc1cc(Br)ccc1NCc1ccc(OCc2ccc(F)cc2)c(Cl)c1. The van der Waals surface area contributed by atoms with E-state index in [9.17, 15) is 4.39 Å². The molecule has 0 fully saturated rings. The maximum Gasteiger partial charge on any atom is 0.138 e. The highest BCUT2D eigenvalue weighted by molar-refractivity contribution is 9.10. The predicted molar refractivity (Wildman–Crippen MR) is 108 cm³/mol. The van der Waals surface area contributed by atoms with Crippen LogP contribution in [-0.4, -0.2) is 0 Å². The van der Waals surface area contributed by atoms with Gasteiger partial charge in [0.2, 0.25) is 0 Å². The normalized spacial score (nSPS) is 10.6. The summed E-state index contributed by atoms with van der Waals surface area (Å²) in [5.41, 5.74) is 4.20. The van der Waals surface area contributed by atoms with Crippen molar-refractivity contribution in [3.05, 3.63) is 92.7 Å². The predicted octanol–water partition coefficient (Wildman–Crippen LogP) is 6.74. The van der Waals surface area contributed by atoms with E-state index >= 15 is 0 Å². The van der Waals surface area contributed by atoms with Crippen LogP contribution in [0.1, 0.15) is 16.7 Å². The van der Waals surface area contributed by atoms with Crippen molar-refractivity contribution in [2.24, 2.45) is 0 Å². The maximum atomic E-state index is 12.9. The third-order valence-corrected chi connectivity index (χ3v) is 4.76. The van der Waals surface area contributed by atoms with Crippen molar-refractivity contribution >= 4 is 33.2 Å². The molecule has 0 bridgehead atoms. The Kier molecular flexibility index (Phi) is 6.17. The summed E-state index contributed by atoms with van der Waals surface area (Å²) in [6, 6.07) is 18.1. The number of halogens is 3. The lowest BCUT2D eigenvalue weighted by Gasteiger charge is -2.12. The van der Waals surface area contributed by atoms with Gasteiger partial charge in [0.05, 0.1) is 5.02 Å². The van der Waals surface area contributed by atoms with Gasteiger partial charge in [-0.15, -0.1) is 0 Å². The Morgan fingerprint density at radius 1 is 1.00 bits per heavy atom. The van der Waals surface area contributed by atoms with Gasteiger partial charge in [-0.3, -0.25) is 0 Å². The van der Waals surface area contributed by atoms with Gasteiger partial charge in [0, 0.05) is 16.7 Å². The summed E-state index contributed by atoms with van der Waals surface area (Å²) in [5, 5.41) is 3.97. The lowest BCUT2D eigenvalue weighted by Crippen LogP contribution is -2.02. The molecule has 26 heavy (non-hydrogen) atoms. The zero-order chi connectivity index (χ0) is 18.5. The lowest BCUT2D eigenvalue weighted by molar-refractivity contribution is 0.306. The summed E-state index contributed by atoms with van der Waals surface area (Å²) < 4.78 is 19.7. The van der Waals surface area contributed by atoms with E-state index in [1.165, 1.54) is 17.7 Å². The van der Waals surface area contributed by atoms with E-state index in [1.54, 1.807) is 12.1 Å². The second-order valence-corrected chi connectivity index (χ2v) is 7.32. The molecule has 3 aromatic carbocycles. The molecule has 0 heterocycles. The zero-order valence-electron chi connectivity index (χ0n) is 14.2. The highest BCUT2D eigenvalue weighted by Gasteiger charge is 2.05. The minimum absolute atomic E-state index is 0.260. The maximum absolute atomic E-state index is 12.9. The Labute approximate surface area is 166 Å². The minimum Gasteiger partial charge on any atom is -0.487 e. The van der Waals surface area contributed by atoms with Gasteiger partial charge in [0.25, 0.3) is 0 Å². The topological polar surface area (TPSA) is 21.3 Å². The molecule has 0 aromatic heterocycles. The molecular formula is C21H18BrClFNO. The minimum atomic E-state index is -0.260. The van der Waals surface area contributed by atoms with Gasteiger partial charge >= 0.3 is 0 Å². The number of benzene rings is 3. The van der Waals surface area contributed by atoms with Crippen molar-refractivity contribution in [3.63, 3.8) is 0 Å². The molecule has 0 aliphatic heterocycles. The fraction of sp³-hybridized carbons (Fsp3) is 0.143. The number of nitrogens with one attached hydrogen (secondary N) is 1. The van der Waals surface area contributed by atoms with Crippen LogP contribution in [0.15, 0.2) is 65.1 Å². The van der Waals surface area contributed by atoms with Crippen LogP contribution in [0, 0.1) is 12.7 Å². The molecule has 0 amide bonds. The molecule has 5 heteroatoms. The third kappa shape index (κ3) is 4.99. The molecule has 0 spiro atoms. The molecule has 1 N–H and O–H groups in total. The van der Waals surface area contributed by atoms with Crippen LogP contribution in [0.2, 0.25) is 5.02 Å². The van der Waals surface area contributed by atoms with Gasteiger partial charge in [-0.05, 0) is 66.1 Å². The number of rotatable bonds is 6. The van der Waals surface area contributed by atoms with Gasteiger partial charge in [0.15, 0.2) is 0 Å². The monoisotopic (exact) mass is 433 g/mol. The average Bonchev–Trinajstić information content (AvgIpc) is 2.61. The van der Waals surface area contributed by atoms with Crippen LogP contribution >= 0.6 is 27.5 Å². The van der Waals surface area contributed by atoms with Crippen LogP contribution in [0.25, 0.3) is 0 Å². The summed E-state index contributed by atoms with van der Waals surface area (Å²) >= 11 is 9.80. The van der Waals surface area contributed by atoms with E-state index in [4.69, 9.17) is 16.3 Å². The number of anilines is 1. The molecule has 3 rings (SSSR count).